The minimum Gasteiger partial charge on any atom is -0.316 e. The van der Waals surface area contributed by atoms with Gasteiger partial charge in [0.05, 0.1) is 15.9 Å². The number of nitrogens with zero attached hydrogens (tertiary/aromatic N) is 3. The van der Waals surface area contributed by atoms with Crippen molar-refractivity contribution >= 4 is 15.9 Å². The van der Waals surface area contributed by atoms with E-state index in [1.807, 2.05) is 18.7 Å². The molecule has 0 radical (unpaired) electrons. The molecule has 0 fully saturated rings. The Hall–Kier alpha value is -0.390. The average molecular weight is 303 g/mol. The topological polar surface area (TPSA) is 33.1 Å². The highest BCUT2D eigenvalue weighted by atomic mass is 79.9. The summed E-state index contributed by atoms with van der Waals surface area (Å²) in [6.07, 6.45) is 0. The van der Waals surface area contributed by atoms with E-state index in [-0.39, 0.29) is 0 Å². The van der Waals surface area contributed by atoms with Gasteiger partial charge in [-0.1, -0.05) is 13.8 Å². The highest BCUT2D eigenvalue weighted by Crippen LogP contribution is 2.21. The fourth-order valence-electron chi connectivity index (χ4n) is 1.83. The molecule has 0 saturated carbocycles. The normalized spacial score (nSPS) is 11.4. The lowest BCUT2D eigenvalue weighted by Gasteiger charge is -2.20. The Balaban J connectivity index is 2.60. The van der Waals surface area contributed by atoms with Crippen molar-refractivity contribution in [1.29, 1.82) is 0 Å². The highest BCUT2D eigenvalue weighted by Gasteiger charge is 2.13. The molecule has 5 heteroatoms. The number of halogens is 1. The lowest BCUT2D eigenvalue weighted by atomic mass is 10.3. The molecule has 98 valence electrons. The zero-order chi connectivity index (χ0) is 12.8. The number of aromatic nitrogens is 2. The van der Waals surface area contributed by atoms with Crippen molar-refractivity contribution in [1.82, 2.24) is 20.0 Å². The first-order valence-electron chi connectivity index (χ1n) is 6.21. The lowest BCUT2D eigenvalue weighted by molar-refractivity contribution is 0.272. The number of aryl methyl sites for hydroxylation is 2. The lowest BCUT2D eigenvalue weighted by Crippen LogP contribution is -2.32. The molecule has 0 amide bonds. The largest absolute Gasteiger partial charge is 0.316 e. The molecule has 1 aromatic rings. The monoisotopic (exact) mass is 302 g/mol. The second-order valence-corrected chi connectivity index (χ2v) is 4.99. The number of likely N-dealkylation sites (N-methyl/N-ethyl adjacent to an activating group) is 2. The van der Waals surface area contributed by atoms with E-state index >= 15 is 0 Å². The van der Waals surface area contributed by atoms with Gasteiger partial charge in [0.2, 0.25) is 0 Å². The molecule has 0 atom stereocenters. The van der Waals surface area contributed by atoms with Crippen LogP contribution in [0.15, 0.2) is 4.47 Å². The van der Waals surface area contributed by atoms with Crippen LogP contribution >= 0.6 is 15.9 Å². The molecular weight excluding hydrogens is 280 g/mol. The van der Waals surface area contributed by atoms with Crippen molar-refractivity contribution in [3.8, 4) is 0 Å². The SMILES string of the molecule is CCNCCN(CC)Cc1c(Br)c(C)nn1C. The minimum absolute atomic E-state index is 0.944. The Bertz CT molecular complexity index is 349. The van der Waals surface area contributed by atoms with Crippen molar-refractivity contribution in [3.63, 3.8) is 0 Å². The molecule has 0 saturated heterocycles. The van der Waals surface area contributed by atoms with Gasteiger partial charge in [0.25, 0.3) is 0 Å². The van der Waals surface area contributed by atoms with Gasteiger partial charge in [-0.2, -0.15) is 5.10 Å². The van der Waals surface area contributed by atoms with E-state index in [1.165, 1.54) is 5.69 Å². The van der Waals surface area contributed by atoms with Crippen LogP contribution in [0.2, 0.25) is 0 Å². The summed E-state index contributed by atoms with van der Waals surface area (Å²) in [5.41, 5.74) is 2.31. The Labute approximate surface area is 113 Å². The summed E-state index contributed by atoms with van der Waals surface area (Å²) >= 11 is 3.61. The van der Waals surface area contributed by atoms with Gasteiger partial charge in [0.15, 0.2) is 0 Å². The Morgan fingerprint density at radius 3 is 2.59 bits per heavy atom. The minimum atomic E-state index is 0.944. The van der Waals surface area contributed by atoms with Crippen LogP contribution in [0.3, 0.4) is 0 Å². The maximum atomic E-state index is 4.42. The second-order valence-electron chi connectivity index (χ2n) is 4.19. The number of hydrogen-bond acceptors (Lipinski definition) is 3. The molecule has 1 heterocycles. The summed E-state index contributed by atoms with van der Waals surface area (Å²) in [5, 5.41) is 7.78. The molecule has 0 aliphatic rings. The van der Waals surface area contributed by atoms with Crippen LogP contribution in [0.25, 0.3) is 0 Å². The first kappa shape index (κ1) is 14.7. The quantitative estimate of drug-likeness (QED) is 0.781. The van der Waals surface area contributed by atoms with Gasteiger partial charge < -0.3 is 5.32 Å². The summed E-state index contributed by atoms with van der Waals surface area (Å²) < 4.78 is 3.11. The first-order chi connectivity index (χ1) is 8.10. The third-order valence-corrected chi connectivity index (χ3v) is 3.97. The highest BCUT2D eigenvalue weighted by molar-refractivity contribution is 9.10. The molecular formula is C12H23BrN4. The van der Waals surface area contributed by atoms with Crippen LogP contribution in [0, 0.1) is 6.92 Å². The molecule has 1 rings (SSSR count). The number of nitrogens with one attached hydrogen (secondary N) is 1. The predicted molar refractivity (Wildman–Crippen MR) is 75.1 cm³/mol. The van der Waals surface area contributed by atoms with Gasteiger partial charge >= 0.3 is 0 Å². The number of rotatable bonds is 7. The summed E-state index contributed by atoms with van der Waals surface area (Å²) in [6, 6.07) is 0. The molecule has 0 bridgehead atoms. The standard InChI is InChI=1S/C12H23BrN4/c1-5-14-7-8-17(6-2)9-11-12(13)10(3)15-16(11)4/h14H,5-9H2,1-4H3. The molecule has 0 aromatic carbocycles. The summed E-state index contributed by atoms with van der Waals surface area (Å²) in [5.74, 6) is 0. The second kappa shape index (κ2) is 7.13. The predicted octanol–water partition coefficient (Wildman–Crippen LogP) is 1.92. The van der Waals surface area contributed by atoms with Crippen molar-refractivity contribution in [2.75, 3.05) is 26.2 Å². The Kier molecular flexibility index (Phi) is 6.16. The molecule has 17 heavy (non-hydrogen) atoms. The van der Waals surface area contributed by atoms with Crippen LogP contribution in [-0.2, 0) is 13.6 Å². The molecule has 4 nitrogen and oxygen atoms in total. The average Bonchev–Trinajstić information content (AvgIpc) is 2.54. The van der Waals surface area contributed by atoms with Crippen molar-refractivity contribution in [2.24, 2.45) is 7.05 Å². The summed E-state index contributed by atoms with van der Waals surface area (Å²) in [6.45, 7) is 11.5. The van der Waals surface area contributed by atoms with E-state index in [0.29, 0.717) is 0 Å². The molecule has 0 aliphatic heterocycles. The van der Waals surface area contributed by atoms with Crippen LogP contribution in [-0.4, -0.2) is 40.9 Å². The summed E-state index contributed by atoms with van der Waals surface area (Å²) in [4.78, 5) is 2.42. The van der Waals surface area contributed by atoms with E-state index in [1.54, 1.807) is 0 Å². The Morgan fingerprint density at radius 1 is 1.41 bits per heavy atom. The van der Waals surface area contributed by atoms with Crippen molar-refractivity contribution in [2.45, 2.75) is 27.3 Å². The molecule has 0 spiro atoms. The van der Waals surface area contributed by atoms with Gasteiger partial charge in [0, 0.05) is 26.7 Å². The zero-order valence-electron chi connectivity index (χ0n) is 11.3. The van der Waals surface area contributed by atoms with Gasteiger partial charge in [0.1, 0.15) is 0 Å². The molecule has 0 unspecified atom stereocenters. The van der Waals surface area contributed by atoms with Gasteiger partial charge in [-0.05, 0) is 35.9 Å². The van der Waals surface area contributed by atoms with E-state index < -0.39 is 0 Å². The van der Waals surface area contributed by atoms with Gasteiger partial charge in [-0.15, -0.1) is 0 Å². The van der Waals surface area contributed by atoms with Gasteiger partial charge in [-0.25, -0.2) is 0 Å². The maximum Gasteiger partial charge on any atom is 0.0739 e. The van der Waals surface area contributed by atoms with E-state index in [9.17, 15) is 0 Å². The van der Waals surface area contributed by atoms with Crippen LogP contribution in [0.4, 0.5) is 0 Å². The molecule has 0 aliphatic carbocycles. The van der Waals surface area contributed by atoms with E-state index in [4.69, 9.17) is 0 Å². The fourth-order valence-corrected chi connectivity index (χ4v) is 2.29. The van der Waals surface area contributed by atoms with E-state index in [2.05, 4.69) is 45.1 Å². The van der Waals surface area contributed by atoms with Crippen LogP contribution in [0.5, 0.6) is 0 Å². The van der Waals surface area contributed by atoms with Crippen LogP contribution in [0.1, 0.15) is 25.2 Å². The third kappa shape index (κ3) is 4.08. The maximum absolute atomic E-state index is 4.42. The molecule has 1 aromatic heterocycles. The fraction of sp³-hybridized carbons (Fsp3) is 0.750. The Morgan fingerprint density at radius 2 is 2.12 bits per heavy atom. The smallest absolute Gasteiger partial charge is 0.0739 e. The number of hydrogen-bond donors (Lipinski definition) is 1. The first-order valence-corrected chi connectivity index (χ1v) is 7.00. The van der Waals surface area contributed by atoms with Crippen LogP contribution < -0.4 is 5.32 Å². The third-order valence-electron chi connectivity index (χ3n) is 2.94. The zero-order valence-corrected chi connectivity index (χ0v) is 12.8. The van der Waals surface area contributed by atoms with Crippen molar-refractivity contribution in [3.05, 3.63) is 15.9 Å². The summed E-state index contributed by atoms with van der Waals surface area (Å²) in [7, 11) is 2.01. The van der Waals surface area contributed by atoms with E-state index in [0.717, 1.165) is 42.9 Å². The van der Waals surface area contributed by atoms with Crippen molar-refractivity contribution < 1.29 is 0 Å². The molecule has 1 N–H and O–H groups in total. The van der Waals surface area contributed by atoms with Gasteiger partial charge in [-0.3, -0.25) is 9.58 Å².